The van der Waals surface area contributed by atoms with E-state index >= 15 is 0 Å². The van der Waals surface area contributed by atoms with Gasteiger partial charge in [0, 0.05) is 17.0 Å². The molecule has 0 aliphatic rings. The van der Waals surface area contributed by atoms with Crippen molar-refractivity contribution in [3.05, 3.63) is 53.7 Å². The molecular weight excluding hydrogens is 246 g/mol. The Hall–Kier alpha value is -2.06. The first-order valence-electron chi connectivity index (χ1n) is 5.69. The fraction of sp³-hybridized carbons (Fsp3) is 0. The Balaban J connectivity index is 2.33. The lowest BCUT2D eigenvalue weighted by Crippen LogP contribution is -1.74. The first-order valence-corrected chi connectivity index (χ1v) is 6.07. The number of hydrogen-bond donors (Lipinski definition) is 0. The van der Waals surface area contributed by atoms with Gasteiger partial charge in [0.15, 0.2) is 5.58 Å². The van der Waals surface area contributed by atoms with Gasteiger partial charge in [0.1, 0.15) is 11.1 Å². The van der Waals surface area contributed by atoms with E-state index in [4.69, 9.17) is 16.0 Å². The molecule has 2 aromatic heterocycles. The van der Waals surface area contributed by atoms with E-state index in [-0.39, 0.29) is 0 Å². The van der Waals surface area contributed by atoms with Gasteiger partial charge in [-0.3, -0.25) is 4.98 Å². The van der Waals surface area contributed by atoms with Crippen LogP contribution in [0.2, 0.25) is 5.02 Å². The second-order valence-corrected chi connectivity index (χ2v) is 4.64. The van der Waals surface area contributed by atoms with Crippen LogP contribution in [0.3, 0.4) is 0 Å². The third-order valence-electron chi connectivity index (χ3n) is 3.20. The summed E-state index contributed by atoms with van der Waals surface area (Å²) in [5.41, 5.74) is 2.33. The predicted molar refractivity (Wildman–Crippen MR) is 74.0 cm³/mol. The molecule has 0 N–H and O–H groups in total. The number of benzene rings is 2. The summed E-state index contributed by atoms with van der Waals surface area (Å²) in [4.78, 5) is 4.36. The molecule has 0 saturated carbocycles. The highest BCUT2D eigenvalue weighted by atomic mass is 35.5. The molecule has 2 heterocycles. The van der Waals surface area contributed by atoms with Gasteiger partial charge >= 0.3 is 0 Å². The monoisotopic (exact) mass is 253 g/mol. The van der Waals surface area contributed by atoms with E-state index in [2.05, 4.69) is 17.1 Å². The van der Waals surface area contributed by atoms with E-state index in [0.29, 0.717) is 10.6 Å². The molecule has 0 spiro atoms. The quantitative estimate of drug-likeness (QED) is 0.450. The number of halogens is 1. The Kier molecular flexibility index (Phi) is 1.91. The van der Waals surface area contributed by atoms with Crippen molar-refractivity contribution < 1.29 is 4.42 Å². The number of furan rings is 1. The summed E-state index contributed by atoms with van der Waals surface area (Å²) in [6, 6.07) is 14.0. The minimum Gasteiger partial charge on any atom is -0.452 e. The highest BCUT2D eigenvalue weighted by Crippen LogP contribution is 2.35. The standard InChI is InChI=1S/C15H8ClNO/c16-12-7-8-17-13-11-6-5-9-3-1-2-4-10(9)14(11)18-15(12)13/h1-8H. The van der Waals surface area contributed by atoms with Crippen molar-refractivity contribution >= 4 is 44.4 Å². The van der Waals surface area contributed by atoms with E-state index in [0.717, 1.165) is 27.3 Å². The third kappa shape index (κ3) is 1.21. The van der Waals surface area contributed by atoms with Gasteiger partial charge in [-0.25, -0.2) is 0 Å². The second-order valence-electron chi connectivity index (χ2n) is 4.24. The van der Waals surface area contributed by atoms with Crippen LogP contribution >= 0.6 is 11.6 Å². The Bertz CT molecular complexity index is 895. The Morgan fingerprint density at radius 2 is 1.78 bits per heavy atom. The molecule has 0 amide bonds. The van der Waals surface area contributed by atoms with Gasteiger partial charge in [0.2, 0.25) is 0 Å². The largest absolute Gasteiger partial charge is 0.452 e. The fourth-order valence-corrected chi connectivity index (χ4v) is 2.54. The van der Waals surface area contributed by atoms with Crippen LogP contribution in [-0.2, 0) is 0 Å². The molecule has 0 fully saturated rings. The molecule has 2 nitrogen and oxygen atoms in total. The third-order valence-corrected chi connectivity index (χ3v) is 3.49. The molecule has 2 aromatic carbocycles. The van der Waals surface area contributed by atoms with E-state index in [1.807, 2.05) is 24.3 Å². The molecule has 0 bridgehead atoms. The molecule has 18 heavy (non-hydrogen) atoms. The molecule has 0 saturated heterocycles. The first-order chi connectivity index (χ1) is 8.84. The average Bonchev–Trinajstić information content (AvgIpc) is 2.79. The molecular formula is C15H8ClNO. The van der Waals surface area contributed by atoms with Gasteiger partial charge in [-0.1, -0.05) is 41.9 Å². The summed E-state index contributed by atoms with van der Waals surface area (Å²) in [6.07, 6.45) is 1.70. The molecule has 0 radical (unpaired) electrons. The van der Waals surface area contributed by atoms with E-state index < -0.39 is 0 Å². The summed E-state index contributed by atoms with van der Waals surface area (Å²) in [5, 5.41) is 3.84. The summed E-state index contributed by atoms with van der Waals surface area (Å²) in [7, 11) is 0. The lowest BCUT2D eigenvalue weighted by Gasteiger charge is -1.96. The van der Waals surface area contributed by atoms with Crippen LogP contribution in [0.1, 0.15) is 0 Å². The van der Waals surface area contributed by atoms with Gasteiger partial charge < -0.3 is 4.42 Å². The van der Waals surface area contributed by atoms with Crippen LogP contribution < -0.4 is 0 Å². The van der Waals surface area contributed by atoms with Crippen molar-refractivity contribution in [3.8, 4) is 0 Å². The Labute approximate surface area is 108 Å². The smallest absolute Gasteiger partial charge is 0.172 e. The van der Waals surface area contributed by atoms with Crippen LogP contribution in [0, 0.1) is 0 Å². The minimum atomic E-state index is 0.597. The first kappa shape index (κ1) is 9.92. The Morgan fingerprint density at radius 1 is 0.889 bits per heavy atom. The number of aromatic nitrogens is 1. The zero-order chi connectivity index (χ0) is 12.1. The highest BCUT2D eigenvalue weighted by molar-refractivity contribution is 6.35. The van der Waals surface area contributed by atoms with Crippen LogP contribution in [0.15, 0.2) is 53.1 Å². The SMILES string of the molecule is Clc1ccnc2c1oc1c3ccccc3ccc21. The lowest BCUT2D eigenvalue weighted by atomic mass is 10.1. The average molecular weight is 254 g/mol. The molecule has 0 unspecified atom stereocenters. The van der Waals surface area contributed by atoms with Gasteiger partial charge in [0.25, 0.3) is 0 Å². The Morgan fingerprint density at radius 3 is 2.72 bits per heavy atom. The van der Waals surface area contributed by atoms with Crippen LogP contribution in [-0.4, -0.2) is 4.98 Å². The maximum Gasteiger partial charge on any atom is 0.172 e. The number of fused-ring (bicyclic) bond motifs is 5. The van der Waals surface area contributed by atoms with E-state index in [9.17, 15) is 0 Å². The number of rotatable bonds is 0. The molecule has 0 atom stereocenters. The van der Waals surface area contributed by atoms with E-state index in [1.165, 1.54) is 0 Å². The maximum absolute atomic E-state index is 6.15. The fourth-order valence-electron chi connectivity index (χ4n) is 2.36. The molecule has 0 aliphatic heterocycles. The van der Waals surface area contributed by atoms with Crippen LogP contribution in [0.5, 0.6) is 0 Å². The van der Waals surface area contributed by atoms with Crippen molar-refractivity contribution in [1.29, 1.82) is 0 Å². The predicted octanol–water partition coefficient (Wildman–Crippen LogP) is 4.79. The zero-order valence-electron chi connectivity index (χ0n) is 9.35. The van der Waals surface area contributed by atoms with Crippen molar-refractivity contribution in [3.63, 3.8) is 0 Å². The van der Waals surface area contributed by atoms with Gasteiger partial charge in [-0.15, -0.1) is 0 Å². The normalized spacial score (nSPS) is 11.6. The lowest BCUT2D eigenvalue weighted by molar-refractivity contribution is 0.672. The second kappa shape index (κ2) is 3.47. The number of nitrogens with zero attached hydrogens (tertiary/aromatic N) is 1. The topological polar surface area (TPSA) is 26.0 Å². The van der Waals surface area contributed by atoms with Gasteiger partial charge in [0.05, 0.1) is 5.02 Å². The summed E-state index contributed by atoms with van der Waals surface area (Å²) in [5.74, 6) is 0. The number of hydrogen-bond acceptors (Lipinski definition) is 2. The molecule has 0 aliphatic carbocycles. The molecule has 4 aromatic rings. The van der Waals surface area contributed by atoms with Crippen molar-refractivity contribution in [2.24, 2.45) is 0 Å². The molecule has 4 rings (SSSR count). The van der Waals surface area contributed by atoms with Crippen molar-refractivity contribution in [2.45, 2.75) is 0 Å². The van der Waals surface area contributed by atoms with Crippen LogP contribution in [0.4, 0.5) is 0 Å². The summed E-state index contributed by atoms with van der Waals surface area (Å²) in [6.45, 7) is 0. The van der Waals surface area contributed by atoms with Crippen molar-refractivity contribution in [1.82, 2.24) is 4.98 Å². The maximum atomic E-state index is 6.15. The van der Waals surface area contributed by atoms with Gasteiger partial charge in [-0.05, 0) is 17.5 Å². The summed E-state index contributed by atoms with van der Waals surface area (Å²) < 4.78 is 5.90. The van der Waals surface area contributed by atoms with Gasteiger partial charge in [-0.2, -0.15) is 0 Å². The van der Waals surface area contributed by atoms with Crippen molar-refractivity contribution in [2.75, 3.05) is 0 Å². The summed E-state index contributed by atoms with van der Waals surface area (Å²) >= 11 is 6.15. The minimum absolute atomic E-state index is 0.597. The zero-order valence-corrected chi connectivity index (χ0v) is 10.1. The number of pyridine rings is 1. The molecule has 3 heteroatoms. The van der Waals surface area contributed by atoms with E-state index in [1.54, 1.807) is 12.3 Å². The highest BCUT2D eigenvalue weighted by Gasteiger charge is 2.12. The molecule has 86 valence electrons. The van der Waals surface area contributed by atoms with Crippen LogP contribution in [0.25, 0.3) is 32.8 Å².